The topological polar surface area (TPSA) is 35.5 Å². The number of carbonyl (C=O) groups is 1. The van der Waals surface area contributed by atoms with Gasteiger partial charge in [0.25, 0.3) is 0 Å². The molecule has 0 aliphatic carbocycles. The highest BCUT2D eigenvalue weighted by Crippen LogP contribution is 2.35. The summed E-state index contributed by atoms with van der Waals surface area (Å²) in [5.41, 5.74) is 3.50. The first-order valence-electron chi connectivity index (χ1n) is 9.55. The predicted molar refractivity (Wildman–Crippen MR) is 116 cm³/mol. The summed E-state index contributed by atoms with van der Waals surface area (Å²) in [5, 5.41) is 2.43. The average molecular weight is 382 g/mol. The molecule has 29 heavy (non-hydrogen) atoms. The molecule has 1 unspecified atom stereocenters. The third kappa shape index (κ3) is 4.14. The van der Waals surface area contributed by atoms with Gasteiger partial charge in [-0.25, -0.2) is 0 Å². The normalized spacial score (nSPS) is 11.8. The van der Waals surface area contributed by atoms with Gasteiger partial charge in [0.15, 0.2) is 0 Å². The molecule has 0 aromatic heterocycles. The van der Waals surface area contributed by atoms with E-state index in [0.29, 0.717) is 5.75 Å². The monoisotopic (exact) mass is 382 g/mol. The fraction of sp³-hybridized carbons (Fsp3) is 0.115. The van der Waals surface area contributed by atoms with E-state index in [0.717, 1.165) is 11.3 Å². The largest absolute Gasteiger partial charge is 0.497 e. The molecule has 0 fully saturated rings. The van der Waals surface area contributed by atoms with Crippen LogP contribution in [0.25, 0.3) is 10.8 Å². The van der Waals surface area contributed by atoms with Gasteiger partial charge in [-0.2, -0.15) is 0 Å². The molecular weight excluding hydrogens is 360 g/mol. The number of ether oxygens (including phenoxy) is 2. The molecule has 0 saturated heterocycles. The first-order chi connectivity index (χ1) is 14.1. The van der Waals surface area contributed by atoms with Crippen molar-refractivity contribution in [1.82, 2.24) is 0 Å². The third-order valence-electron chi connectivity index (χ3n) is 5.03. The number of rotatable bonds is 5. The summed E-state index contributed by atoms with van der Waals surface area (Å²) in [6.07, 6.45) is 0. The van der Waals surface area contributed by atoms with Gasteiger partial charge in [-0.05, 0) is 51.7 Å². The smallest absolute Gasteiger partial charge is 0.308 e. The molecule has 0 saturated carbocycles. The van der Waals surface area contributed by atoms with Gasteiger partial charge >= 0.3 is 5.97 Å². The van der Waals surface area contributed by atoms with Gasteiger partial charge in [-0.15, -0.1) is 0 Å². The van der Waals surface area contributed by atoms with E-state index in [2.05, 4.69) is 54.6 Å². The van der Waals surface area contributed by atoms with Crippen molar-refractivity contribution in [1.29, 1.82) is 0 Å². The van der Waals surface area contributed by atoms with E-state index >= 15 is 0 Å². The first-order valence-corrected chi connectivity index (χ1v) is 9.55. The molecular formula is C26H22O3. The van der Waals surface area contributed by atoms with Gasteiger partial charge < -0.3 is 9.47 Å². The Balaban J connectivity index is 1.80. The maximum atomic E-state index is 11.2. The standard InChI is InChI=1S/C26H22O3/c1-18(27)29-25-15-11-21(12-16-25)26(20-9-13-24(28-2)14-10-20)23-8-7-19-5-3-4-6-22(19)17-23/h3-17,26H,1-2H3. The summed E-state index contributed by atoms with van der Waals surface area (Å²) >= 11 is 0. The summed E-state index contributed by atoms with van der Waals surface area (Å²) in [6.45, 7) is 1.41. The third-order valence-corrected chi connectivity index (χ3v) is 5.03. The molecule has 0 radical (unpaired) electrons. The molecule has 0 bridgehead atoms. The Hall–Kier alpha value is -3.59. The molecule has 3 heteroatoms. The lowest BCUT2D eigenvalue weighted by atomic mass is 9.84. The van der Waals surface area contributed by atoms with Crippen LogP contribution in [-0.2, 0) is 4.79 Å². The highest BCUT2D eigenvalue weighted by molar-refractivity contribution is 5.83. The Morgan fingerprint density at radius 1 is 0.690 bits per heavy atom. The number of esters is 1. The molecule has 3 nitrogen and oxygen atoms in total. The molecule has 0 aliphatic rings. The molecule has 144 valence electrons. The molecule has 0 N–H and O–H groups in total. The lowest BCUT2D eigenvalue weighted by Gasteiger charge is -2.20. The van der Waals surface area contributed by atoms with E-state index < -0.39 is 0 Å². The highest BCUT2D eigenvalue weighted by Gasteiger charge is 2.18. The first kappa shape index (κ1) is 18.8. The maximum Gasteiger partial charge on any atom is 0.308 e. The van der Waals surface area contributed by atoms with E-state index in [4.69, 9.17) is 9.47 Å². The molecule has 4 rings (SSSR count). The quantitative estimate of drug-likeness (QED) is 0.243. The van der Waals surface area contributed by atoms with Crippen molar-refractivity contribution in [2.75, 3.05) is 7.11 Å². The van der Waals surface area contributed by atoms with Crippen molar-refractivity contribution in [3.8, 4) is 11.5 Å². The van der Waals surface area contributed by atoms with Crippen molar-refractivity contribution in [3.05, 3.63) is 108 Å². The Bertz CT molecular complexity index is 1130. The lowest BCUT2D eigenvalue weighted by Crippen LogP contribution is -2.05. The average Bonchev–Trinajstić information content (AvgIpc) is 2.75. The second kappa shape index (κ2) is 8.19. The number of fused-ring (bicyclic) bond motifs is 1. The van der Waals surface area contributed by atoms with Crippen LogP contribution in [0.5, 0.6) is 11.5 Å². The van der Waals surface area contributed by atoms with Crippen molar-refractivity contribution in [3.63, 3.8) is 0 Å². The van der Waals surface area contributed by atoms with Gasteiger partial charge in [0.2, 0.25) is 0 Å². The second-order valence-electron chi connectivity index (χ2n) is 6.98. The van der Waals surface area contributed by atoms with Crippen LogP contribution < -0.4 is 9.47 Å². The Morgan fingerprint density at radius 3 is 1.83 bits per heavy atom. The number of methoxy groups -OCH3 is 1. The van der Waals surface area contributed by atoms with Gasteiger partial charge in [0, 0.05) is 12.8 Å². The Morgan fingerprint density at radius 2 is 1.24 bits per heavy atom. The Labute approximate surface area is 170 Å². The van der Waals surface area contributed by atoms with Gasteiger partial charge in [-0.1, -0.05) is 66.7 Å². The Kier molecular flexibility index (Phi) is 5.30. The van der Waals surface area contributed by atoms with Crippen molar-refractivity contribution >= 4 is 16.7 Å². The number of hydrogen-bond acceptors (Lipinski definition) is 3. The molecule has 0 aliphatic heterocycles. The molecule has 0 heterocycles. The van der Waals surface area contributed by atoms with Gasteiger partial charge in [-0.3, -0.25) is 4.79 Å². The maximum absolute atomic E-state index is 11.2. The van der Waals surface area contributed by atoms with Crippen LogP contribution in [0.3, 0.4) is 0 Å². The molecule has 0 amide bonds. The zero-order valence-corrected chi connectivity index (χ0v) is 16.5. The zero-order chi connectivity index (χ0) is 20.2. The fourth-order valence-electron chi connectivity index (χ4n) is 3.66. The summed E-state index contributed by atoms with van der Waals surface area (Å²) in [7, 11) is 1.67. The van der Waals surface area contributed by atoms with Crippen LogP contribution in [0.15, 0.2) is 91.0 Å². The number of benzene rings is 4. The molecule has 4 aromatic carbocycles. The van der Waals surface area contributed by atoms with Crippen LogP contribution in [0.4, 0.5) is 0 Å². The summed E-state index contributed by atoms with van der Waals surface area (Å²) < 4.78 is 10.5. The van der Waals surface area contributed by atoms with Gasteiger partial charge in [0.05, 0.1) is 7.11 Å². The lowest BCUT2D eigenvalue weighted by molar-refractivity contribution is -0.131. The van der Waals surface area contributed by atoms with E-state index in [1.54, 1.807) is 7.11 Å². The van der Waals surface area contributed by atoms with Crippen LogP contribution in [-0.4, -0.2) is 13.1 Å². The molecule has 0 spiro atoms. The summed E-state index contributed by atoms with van der Waals surface area (Å²) in [4.78, 5) is 11.2. The SMILES string of the molecule is COc1ccc(C(c2ccc(OC(C)=O)cc2)c2ccc3ccccc3c2)cc1. The minimum atomic E-state index is -0.320. The van der Waals surface area contributed by atoms with E-state index in [9.17, 15) is 4.79 Å². The van der Waals surface area contributed by atoms with Crippen molar-refractivity contribution in [2.24, 2.45) is 0 Å². The van der Waals surface area contributed by atoms with Crippen LogP contribution in [0, 0.1) is 0 Å². The number of hydrogen-bond donors (Lipinski definition) is 0. The molecule has 1 atom stereocenters. The predicted octanol–water partition coefficient (Wildman–Crippen LogP) is 5.95. The summed E-state index contributed by atoms with van der Waals surface area (Å²) in [6, 6.07) is 30.8. The zero-order valence-electron chi connectivity index (χ0n) is 16.5. The van der Waals surface area contributed by atoms with E-state index in [-0.39, 0.29) is 11.9 Å². The number of carbonyl (C=O) groups excluding carboxylic acids is 1. The molecule has 4 aromatic rings. The highest BCUT2D eigenvalue weighted by atomic mass is 16.5. The minimum absolute atomic E-state index is 0.0527. The minimum Gasteiger partial charge on any atom is -0.497 e. The van der Waals surface area contributed by atoms with Gasteiger partial charge in [0.1, 0.15) is 11.5 Å². The van der Waals surface area contributed by atoms with Crippen molar-refractivity contribution < 1.29 is 14.3 Å². The fourth-order valence-corrected chi connectivity index (χ4v) is 3.66. The van der Waals surface area contributed by atoms with Crippen LogP contribution in [0.2, 0.25) is 0 Å². The van der Waals surface area contributed by atoms with E-state index in [1.807, 2.05) is 36.4 Å². The summed E-state index contributed by atoms with van der Waals surface area (Å²) in [5.74, 6) is 1.11. The van der Waals surface area contributed by atoms with Crippen LogP contribution in [0.1, 0.15) is 29.5 Å². The second-order valence-corrected chi connectivity index (χ2v) is 6.98. The van der Waals surface area contributed by atoms with Crippen molar-refractivity contribution in [2.45, 2.75) is 12.8 Å². The van der Waals surface area contributed by atoms with Crippen LogP contribution >= 0.6 is 0 Å². The van der Waals surface area contributed by atoms with E-state index in [1.165, 1.54) is 28.8 Å².